The summed E-state index contributed by atoms with van der Waals surface area (Å²) in [5.41, 5.74) is -1.57. The van der Waals surface area contributed by atoms with Crippen LogP contribution >= 0.6 is 0 Å². The van der Waals surface area contributed by atoms with Crippen LogP contribution in [0.15, 0.2) is 24.3 Å². The Morgan fingerprint density at radius 2 is 1.96 bits per heavy atom. The molecule has 1 amide bonds. The molecule has 3 N–H and O–H groups in total. The van der Waals surface area contributed by atoms with Crippen LogP contribution in [0.2, 0.25) is 0 Å². The molecular weight excluding hydrogens is 309 g/mol. The maximum atomic E-state index is 12.8. The number of hydrogen-bond acceptors (Lipinski definition) is 3. The molecule has 0 aromatic heterocycles. The lowest BCUT2D eigenvalue weighted by molar-refractivity contribution is -0.138. The van der Waals surface area contributed by atoms with Crippen molar-refractivity contribution in [3.05, 3.63) is 35.4 Å². The number of carbonyl (C=O) groups is 1. The average Bonchev–Trinajstić information content (AvgIpc) is 2.89. The van der Waals surface area contributed by atoms with Crippen LogP contribution in [0.25, 0.3) is 0 Å². The smallest absolute Gasteiger partial charge is 0.391 e. The number of halogens is 3. The molecule has 0 radical (unpaired) electrons. The van der Waals surface area contributed by atoms with Gasteiger partial charge in [0.1, 0.15) is 0 Å². The summed E-state index contributed by atoms with van der Waals surface area (Å²) < 4.78 is 38.5. The Morgan fingerprint density at radius 1 is 1.30 bits per heavy atom. The van der Waals surface area contributed by atoms with Crippen molar-refractivity contribution in [1.29, 1.82) is 0 Å². The zero-order valence-corrected chi connectivity index (χ0v) is 13.1. The largest absolute Gasteiger partial charge is 0.416 e. The number of amides is 1. The van der Waals surface area contributed by atoms with Gasteiger partial charge < -0.3 is 15.7 Å². The van der Waals surface area contributed by atoms with Gasteiger partial charge in [-0.05, 0) is 25.5 Å². The molecule has 0 aliphatic carbocycles. The van der Waals surface area contributed by atoms with E-state index in [1.54, 1.807) is 13.8 Å². The molecule has 1 fully saturated rings. The van der Waals surface area contributed by atoms with Gasteiger partial charge in [-0.3, -0.25) is 4.79 Å². The number of rotatable bonds is 4. The van der Waals surface area contributed by atoms with E-state index in [4.69, 9.17) is 0 Å². The van der Waals surface area contributed by atoms with E-state index in [-0.39, 0.29) is 18.4 Å². The maximum absolute atomic E-state index is 12.8. The molecule has 2 unspecified atom stereocenters. The molecule has 7 heteroatoms. The number of hydrogen-bond donors (Lipinski definition) is 3. The van der Waals surface area contributed by atoms with E-state index >= 15 is 0 Å². The molecule has 0 saturated carbocycles. The zero-order valence-electron chi connectivity index (χ0n) is 13.1. The van der Waals surface area contributed by atoms with Gasteiger partial charge in [-0.15, -0.1) is 0 Å². The molecule has 2 atom stereocenters. The molecule has 1 aliphatic rings. The highest BCUT2D eigenvalue weighted by atomic mass is 19.4. The fraction of sp³-hybridized carbons (Fsp3) is 0.562. The molecule has 4 nitrogen and oxygen atoms in total. The van der Waals surface area contributed by atoms with Crippen molar-refractivity contribution in [2.24, 2.45) is 5.92 Å². The zero-order chi connectivity index (χ0) is 17.3. The highest BCUT2D eigenvalue weighted by Gasteiger charge is 2.35. The maximum Gasteiger partial charge on any atom is 0.416 e. The first-order chi connectivity index (χ1) is 10.6. The first kappa shape index (κ1) is 17.7. The monoisotopic (exact) mass is 330 g/mol. The average molecular weight is 330 g/mol. The van der Waals surface area contributed by atoms with Crippen molar-refractivity contribution in [2.75, 3.05) is 19.6 Å². The van der Waals surface area contributed by atoms with E-state index in [1.165, 1.54) is 12.1 Å². The van der Waals surface area contributed by atoms with Crippen LogP contribution in [0, 0.1) is 5.92 Å². The standard InChI is InChI=1S/C16H21F3N2O2/c1-15(2,11-4-3-5-12(6-11)16(17,18)19)14(23)21-8-10-7-20-9-13(10)22/h3-6,10,13,20,22H,7-9H2,1-2H3,(H,21,23). The molecule has 1 saturated heterocycles. The summed E-state index contributed by atoms with van der Waals surface area (Å²) in [6.45, 7) is 4.54. The molecule has 1 aromatic carbocycles. The van der Waals surface area contributed by atoms with Crippen LogP contribution in [0.3, 0.4) is 0 Å². The molecule has 1 heterocycles. The van der Waals surface area contributed by atoms with Gasteiger partial charge in [0.25, 0.3) is 0 Å². The van der Waals surface area contributed by atoms with E-state index in [2.05, 4.69) is 10.6 Å². The van der Waals surface area contributed by atoms with Crippen LogP contribution in [-0.2, 0) is 16.4 Å². The summed E-state index contributed by atoms with van der Waals surface area (Å²) in [5.74, 6) is -0.452. The number of nitrogens with one attached hydrogen (secondary N) is 2. The van der Waals surface area contributed by atoms with E-state index in [0.717, 1.165) is 12.1 Å². The van der Waals surface area contributed by atoms with Crippen molar-refractivity contribution in [3.8, 4) is 0 Å². The Kier molecular flexibility index (Phi) is 5.01. The Bertz CT molecular complexity index is 573. The summed E-state index contributed by atoms with van der Waals surface area (Å²) in [7, 11) is 0. The second kappa shape index (κ2) is 6.49. The van der Waals surface area contributed by atoms with E-state index in [0.29, 0.717) is 18.7 Å². The summed E-state index contributed by atoms with van der Waals surface area (Å²) in [6, 6.07) is 4.81. The SMILES string of the molecule is CC(C)(C(=O)NCC1CNCC1O)c1cccc(C(F)(F)F)c1. The van der Waals surface area contributed by atoms with E-state index in [1.807, 2.05) is 0 Å². The Labute approximate surface area is 133 Å². The fourth-order valence-electron chi connectivity index (χ4n) is 2.59. The fourth-order valence-corrected chi connectivity index (χ4v) is 2.59. The molecule has 1 aromatic rings. The lowest BCUT2D eigenvalue weighted by Crippen LogP contribution is -2.43. The molecule has 0 bridgehead atoms. The Balaban J connectivity index is 2.09. The highest BCUT2D eigenvalue weighted by molar-refractivity contribution is 5.87. The van der Waals surface area contributed by atoms with Crippen LogP contribution in [0.5, 0.6) is 0 Å². The van der Waals surface area contributed by atoms with Crippen LogP contribution in [-0.4, -0.2) is 36.8 Å². The van der Waals surface area contributed by atoms with Gasteiger partial charge in [0.05, 0.1) is 17.1 Å². The third kappa shape index (κ3) is 4.03. The Hall–Kier alpha value is -1.60. The quantitative estimate of drug-likeness (QED) is 0.787. The van der Waals surface area contributed by atoms with Gasteiger partial charge in [-0.2, -0.15) is 13.2 Å². The molecule has 1 aliphatic heterocycles. The molecule has 0 spiro atoms. The van der Waals surface area contributed by atoms with E-state index in [9.17, 15) is 23.1 Å². The third-order valence-corrected chi connectivity index (χ3v) is 4.31. The summed E-state index contributed by atoms with van der Waals surface area (Å²) in [6.07, 6.45) is -4.96. The first-order valence-corrected chi connectivity index (χ1v) is 7.47. The number of carbonyl (C=O) groups excluding carboxylic acids is 1. The number of β-amino-alcohol motifs (C(OH)–C–C–N with tert-alkyl or cyclic N) is 1. The minimum atomic E-state index is -4.44. The topological polar surface area (TPSA) is 61.4 Å². The number of aliphatic hydroxyl groups is 1. The molecule has 23 heavy (non-hydrogen) atoms. The summed E-state index contributed by atoms with van der Waals surface area (Å²) in [5, 5.41) is 15.5. The number of aliphatic hydroxyl groups excluding tert-OH is 1. The molecular formula is C16H21F3N2O2. The Morgan fingerprint density at radius 3 is 2.52 bits per heavy atom. The lowest BCUT2D eigenvalue weighted by Gasteiger charge is -2.26. The second-order valence-electron chi connectivity index (χ2n) is 6.40. The normalized spacial score (nSPS) is 22.2. The van der Waals surface area contributed by atoms with Crippen molar-refractivity contribution in [2.45, 2.75) is 31.5 Å². The van der Waals surface area contributed by atoms with Gasteiger partial charge in [0, 0.05) is 25.6 Å². The molecule has 2 rings (SSSR count). The lowest BCUT2D eigenvalue weighted by atomic mass is 9.82. The van der Waals surface area contributed by atoms with Crippen molar-refractivity contribution in [1.82, 2.24) is 10.6 Å². The first-order valence-electron chi connectivity index (χ1n) is 7.47. The summed E-state index contributed by atoms with van der Waals surface area (Å²) in [4.78, 5) is 12.4. The second-order valence-corrected chi connectivity index (χ2v) is 6.40. The van der Waals surface area contributed by atoms with Crippen molar-refractivity contribution >= 4 is 5.91 Å². The van der Waals surface area contributed by atoms with Gasteiger partial charge in [0.15, 0.2) is 0 Å². The summed E-state index contributed by atoms with van der Waals surface area (Å²) >= 11 is 0. The van der Waals surface area contributed by atoms with Gasteiger partial charge >= 0.3 is 6.18 Å². The predicted molar refractivity (Wildman–Crippen MR) is 79.8 cm³/mol. The van der Waals surface area contributed by atoms with Crippen LogP contribution in [0.4, 0.5) is 13.2 Å². The number of alkyl halides is 3. The minimum Gasteiger partial charge on any atom is -0.391 e. The molecule has 128 valence electrons. The van der Waals surface area contributed by atoms with Crippen molar-refractivity contribution in [3.63, 3.8) is 0 Å². The van der Waals surface area contributed by atoms with Gasteiger partial charge in [-0.1, -0.05) is 18.2 Å². The van der Waals surface area contributed by atoms with Crippen LogP contribution < -0.4 is 10.6 Å². The highest BCUT2D eigenvalue weighted by Crippen LogP contribution is 2.32. The third-order valence-electron chi connectivity index (χ3n) is 4.31. The van der Waals surface area contributed by atoms with Gasteiger partial charge in [0.2, 0.25) is 5.91 Å². The van der Waals surface area contributed by atoms with Crippen molar-refractivity contribution < 1.29 is 23.1 Å². The van der Waals surface area contributed by atoms with E-state index < -0.39 is 23.3 Å². The number of benzene rings is 1. The van der Waals surface area contributed by atoms with Gasteiger partial charge in [-0.25, -0.2) is 0 Å². The minimum absolute atomic E-state index is 0.0868. The van der Waals surface area contributed by atoms with Crippen LogP contribution in [0.1, 0.15) is 25.0 Å². The predicted octanol–water partition coefficient (Wildman–Crippen LogP) is 1.68.